The van der Waals surface area contributed by atoms with Gasteiger partial charge in [-0.3, -0.25) is 4.79 Å². The van der Waals surface area contributed by atoms with E-state index >= 15 is 0 Å². The molecule has 0 spiro atoms. The number of ether oxygens (including phenoxy) is 1. The van der Waals surface area contributed by atoms with Crippen molar-refractivity contribution in [3.63, 3.8) is 0 Å². The maximum atomic E-state index is 13.1. The van der Waals surface area contributed by atoms with E-state index in [1.54, 1.807) is 0 Å². The molecule has 1 aliphatic rings. The Morgan fingerprint density at radius 1 is 1.00 bits per heavy atom. The Balaban J connectivity index is 1.57. The van der Waals surface area contributed by atoms with E-state index in [2.05, 4.69) is 30.3 Å². The van der Waals surface area contributed by atoms with Gasteiger partial charge < -0.3 is 15.4 Å². The molecule has 1 amide bonds. The molecule has 1 aliphatic heterocycles. The first-order valence-electron chi connectivity index (χ1n) is 10.0. The Kier molecular flexibility index (Phi) is 7.43. The molecule has 2 aromatic rings. The lowest BCUT2D eigenvalue weighted by Gasteiger charge is -2.32. The molecule has 0 radical (unpaired) electrons. The third-order valence-electron chi connectivity index (χ3n) is 5.20. The van der Waals surface area contributed by atoms with Crippen LogP contribution in [0.5, 0.6) is 0 Å². The molecule has 0 aromatic heterocycles. The predicted molar refractivity (Wildman–Crippen MR) is 109 cm³/mol. The van der Waals surface area contributed by atoms with Crippen LogP contribution in [-0.2, 0) is 17.6 Å². The van der Waals surface area contributed by atoms with Crippen molar-refractivity contribution in [2.75, 3.05) is 26.2 Å². The number of likely N-dealkylation sites (tertiary alicyclic amines) is 1. The van der Waals surface area contributed by atoms with Crippen LogP contribution in [-0.4, -0.2) is 43.2 Å². The number of hydrogen-bond acceptors (Lipinski definition) is 3. The summed E-state index contributed by atoms with van der Waals surface area (Å²) in [5.41, 5.74) is 8.79. The number of nitrogens with two attached hydrogens (primary N) is 1. The molecule has 27 heavy (non-hydrogen) atoms. The second-order valence-electron chi connectivity index (χ2n) is 7.15. The molecule has 1 saturated heterocycles. The summed E-state index contributed by atoms with van der Waals surface area (Å²) in [5, 5.41) is 0. The second kappa shape index (κ2) is 10.2. The Labute approximate surface area is 162 Å². The number of carbonyl (C=O) groups excluding carboxylic acids is 1. The summed E-state index contributed by atoms with van der Waals surface area (Å²) in [6.07, 6.45) is 4.79. The molecule has 0 atom stereocenters. The molecule has 0 bridgehead atoms. The molecule has 1 heterocycles. The van der Waals surface area contributed by atoms with Crippen LogP contribution in [0.3, 0.4) is 0 Å². The maximum absolute atomic E-state index is 13.1. The van der Waals surface area contributed by atoms with E-state index in [-0.39, 0.29) is 12.0 Å². The zero-order valence-electron chi connectivity index (χ0n) is 16.0. The van der Waals surface area contributed by atoms with Gasteiger partial charge in [-0.2, -0.15) is 0 Å². The van der Waals surface area contributed by atoms with Crippen molar-refractivity contribution in [3.8, 4) is 0 Å². The molecule has 2 N–H and O–H groups in total. The minimum absolute atomic E-state index is 0.152. The summed E-state index contributed by atoms with van der Waals surface area (Å²) in [4.78, 5) is 15.0. The third-order valence-corrected chi connectivity index (χ3v) is 5.20. The number of piperidine rings is 1. The van der Waals surface area contributed by atoms with E-state index in [9.17, 15) is 4.79 Å². The van der Waals surface area contributed by atoms with Crippen molar-refractivity contribution in [1.29, 1.82) is 0 Å². The van der Waals surface area contributed by atoms with Crippen LogP contribution < -0.4 is 5.73 Å². The minimum atomic E-state index is 0.152. The van der Waals surface area contributed by atoms with Gasteiger partial charge in [-0.25, -0.2) is 0 Å². The first-order chi connectivity index (χ1) is 13.3. The van der Waals surface area contributed by atoms with Gasteiger partial charge in [0, 0.05) is 25.3 Å². The van der Waals surface area contributed by atoms with Crippen molar-refractivity contribution in [3.05, 3.63) is 71.3 Å². The highest BCUT2D eigenvalue weighted by Crippen LogP contribution is 2.19. The summed E-state index contributed by atoms with van der Waals surface area (Å²) in [5.74, 6) is 0.152. The summed E-state index contributed by atoms with van der Waals surface area (Å²) in [6, 6.07) is 18.5. The molecule has 3 rings (SSSR count). The Morgan fingerprint density at radius 3 is 2.44 bits per heavy atom. The molecular weight excluding hydrogens is 336 g/mol. The molecule has 2 aromatic carbocycles. The van der Waals surface area contributed by atoms with Gasteiger partial charge in [-0.15, -0.1) is 0 Å². The van der Waals surface area contributed by atoms with Gasteiger partial charge in [0.15, 0.2) is 0 Å². The average molecular weight is 367 g/mol. The number of amides is 1. The molecule has 0 saturated carbocycles. The third kappa shape index (κ3) is 5.65. The van der Waals surface area contributed by atoms with Gasteiger partial charge in [0.1, 0.15) is 0 Å². The lowest BCUT2D eigenvalue weighted by molar-refractivity contribution is 0.00842. The average Bonchev–Trinajstić information content (AvgIpc) is 2.73. The highest BCUT2D eigenvalue weighted by molar-refractivity contribution is 5.95. The van der Waals surface area contributed by atoms with E-state index in [4.69, 9.17) is 10.5 Å². The van der Waals surface area contributed by atoms with Crippen LogP contribution in [0.2, 0.25) is 0 Å². The first kappa shape index (κ1) is 19.6. The Bertz CT molecular complexity index is 709. The molecular formula is C23H30N2O2. The number of hydrogen-bond donors (Lipinski definition) is 1. The lowest BCUT2D eigenvalue weighted by atomic mass is 9.98. The first-order valence-corrected chi connectivity index (χ1v) is 10.0. The van der Waals surface area contributed by atoms with E-state index in [1.165, 1.54) is 5.56 Å². The minimum Gasteiger partial charge on any atom is -0.378 e. The van der Waals surface area contributed by atoms with Crippen molar-refractivity contribution < 1.29 is 9.53 Å². The Morgan fingerprint density at radius 2 is 1.70 bits per heavy atom. The molecule has 0 unspecified atom stereocenters. The van der Waals surface area contributed by atoms with Gasteiger partial charge in [-0.05, 0) is 55.8 Å². The number of aryl methyl sites for hydroxylation is 2. The van der Waals surface area contributed by atoms with Crippen LogP contribution in [0.1, 0.15) is 40.7 Å². The van der Waals surface area contributed by atoms with Crippen LogP contribution in [0.4, 0.5) is 0 Å². The smallest absolute Gasteiger partial charge is 0.254 e. The van der Waals surface area contributed by atoms with Crippen LogP contribution in [0.15, 0.2) is 54.6 Å². The van der Waals surface area contributed by atoms with Crippen molar-refractivity contribution >= 4 is 5.91 Å². The summed E-state index contributed by atoms with van der Waals surface area (Å²) in [6.45, 7) is 2.91. The SMILES string of the molecule is NCCCOC1CCN(C(=O)c2ccccc2CCc2ccccc2)CC1. The van der Waals surface area contributed by atoms with E-state index < -0.39 is 0 Å². The summed E-state index contributed by atoms with van der Waals surface area (Å²) < 4.78 is 5.85. The normalized spacial score (nSPS) is 15.1. The monoisotopic (exact) mass is 366 g/mol. The van der Waals surface area contributed by atoms with Crippen LogP contribution in [0.25, 0.3) is 0 Å². The molecule has 0 aliphatic carbocycles. The zero-order chi connectivity index (χ0) is 18.9. The van der Waals surface area contributed by atoms with Crippen molar-refractivity contribution in [2.45, 2.75) is 38.2 Å². The van der Waals surface area contributed by atoms with E-state index in [0.29, 0.717) is 6.54 Å². The van der Waals surface area contributed by atoms with Gasteiger partial charge >= 0.3 is 0 Å². The van der Waals surface area contributed by atoms with Crippen molar-refractivity contribution in [2.24, 2.45) is 5.73 Å². The van der Waals surface area contributed by atoms with E-state index in [1.807, 2.05) is 29.2 Å². The predicted octanol–water partition coefficient (Wildman–Crippen LogP) is 3.44. The summed E-state index contributed by atoms with van der Waals surface area (Å²) in [7, 11) is 0. The second-order valence-corrected chi connectivity index (χ2v) is 7.15. The fourth-order valence-corrected chi connectivity index (χ4v) is 3.60. The molecule has 4 nitrogen and oxygen atoms in total. The largest absolute Gasteiger partial charge is 0.378 e. The fourth-order valence-electron chi connectivity index (χ4n) is 3.60. The number of benzene rings is 2. The van der Waals surface area contributed by atoms with Crippen LogP contribution >= 0.6 is 0 Å². The number of rotatable bonds is 8. The van der Waals surface area contributed by atoms with Gasteiger partial charge in [-0.1, -0.05) is 48.5 Å². The van der Waals surface area contributed by atoms with Crippen LogP contribution in [0, 0.1) is 0 Å². The highest BCUT2D eigenvalue weighted by Gasteiger charge is 2.25. The molecule has 4 heteroatoms. The quantitative estimate of drug-likeness (QED) is 0.728. The highest BCUT2D eigenvalue weighted by atomic mass is 16.5. The molecule has 144 valence electrons. The fraction of sp³-hybridized carbons (Fsp3) is 0.435. The Hall–Kier alpha value is -2.17. The topological polar surface area (TPSA) is 55.6 Å². The van der Waals surface area contributed by atoms with Gasteiger partial charge in [0.2, 0.25) is 0 Å². The standard InChI is InChI=1S/C23H30N2O2/c24-15-6-18-27-21-13-16-25(17-14-21)23(26)22-10-5-4-9-20(22)12-11-19-7-2-1-3-8-19/h1-5,7-10,21H,6,11-18,24H2. The number of nitrogens with zero attached hydrogens (tertiary/aromatic N) is 1. The van der Waals surface area contributed by atoms with E-state index in [0.717, 1.165) is 62.9 Å². The number of carbonyl (C=O) groups is 1. The van der Waals surface area contributed by atoms with Gasteiger partial charge in [0.25, 0.3) is 5.91 Å². The van der Waals surface area contributed by atoms with Gasteiger partial charge in [0.05, 0.1) is 6.10 Å². The zero-order valence-corrected chi connectivity index (χ0v) is 16.0. The summed E-state index contributed by atoms with van der Waals surface area (Å²) >= 11 is 0. The lowest BCUT2D eigenvalue weighted by Crippen LogP contribution is -2.41. The maximum Gasteiger partial charge on any atom is 0.254 e. The van der Waals surface area contributed by atoms with Crippen molar-refractivity contribution in [1.82, 2.24) is 4.90 Å². The molecule has 1 fully saturated rings.